The molecule has 0 aliphatic carbocycles. The zero-order chi connectivity index (χ0) is 14.5. The molecule has 2 atom stereocenters. The van der Waals surface area contributed by atoms with Crippen molar-refractivity contribution in [2.24, 2.45) is 11.8 Å². The van der Waals surface area contributed by atoms with E-state index in [1.54, 1.807) is 7.11 Å². The lowest BCUT2D eigenvalue weighted by molar-refractivity contribution is -0.136. The van der Waals surface area contributed by atoms with E-state index in [2.05, 4.69) is 0 Å². The quantitative estimate of drug-likeness (QED) is 0.896. The van der Waals surface area contributed by atoms with E-state index >= 15 is 0 Å². The van der Waals surface area contributed by atoms with Crippen molar-refractivity contribution < 1.29 is 14.6 Å². The maximum absolute atomic E-state index is 12.2. The van der Waals surface area contributed by atoms with Gasteiger partial charge in [-0.25, -0.2) is 0 Å². The van der Waals surface area contributed by atoms with Gasteiger partial charge in [0.15, 0.2) is 0 Å². The number of ether oxygens (including phenoxy) is 1. The van der Waals surface area contributed by atoms with Gasteiger partial charge in [0, 0.05) is 26.1 Å². The number of likely N-dealkylation sites (tertiary alicyclic amines) is 1. The van der Waals surface area contributed by atoms with Gasteiger partial charge in [-0.2, -0.15) is 0 Å². The first-order valence-corrected chi connectivity index (χ1v) is 7.15. The second kappa shape index (κ2) is 6.75. The lowest BCUT2D eigenvalue weighted by atomic mass is 9.85. The molecule has 1 fully saturated rings. The van der Waals surface area contributed by atoms with E-state index in [4.69, 9.17) is 4.74 Å². The van der Waals surface area contributed by atoms with Crippen molar-refractivity contribution in [3.8, 4) is 5.75 Å². The molecule has 0 spiro atoms. The molecule has 0 radical (unpaired) electrons. The fourth-order valence-electron chi connectivity index (χ4n) is 2.66. The van der Waals surface area contributed by atoms with Gasteiger partial charge in [-0.3, -0.25) is 4.79 Å². The van der Waals surface area contributed by atoms with Gasteiger partial charge < -0.3 is 14.7 Å². The third-order valence-corrected chi connectivity index (χ3v) is 4.18. The van der Waals surface area contributed by atoms with Crippen LogP contribution in [0.3, 0.4) is 0 Å². The lowest BCUT2D eigenvalue weighted by Crippen LogP contribution is -2.40. The van der Waals surface area contributed by atoms with E-state index in [1.165, 1.54) is 0 Å². The Balaban J connectivity index is 1.92. The van der Waals surface area contributed by atoms with Crippen LogP contribution in [0.15, 0.2) is 24.3 Å². The molecular formula is C16H23NO3. The van der Waals surface area contributed by atoms with Crippen LogP contribution in [-0.4, -0.2) is 36.2 Å². The smallest absolute Gasteiger partial charge is 0.223 e. The molecule has 1 N–H and O–H groups in total. The van der Waals surface area contributed by atoms with Gasteiger partial charge in [-0.15, -0.1) is 0 Å². The summed E-state index contributed by atoms with van der Waals surface area (Å²) in [5, 5.41) is 9.19. The Morgan fingerprint density at radius 2 is 2.10 bits per heavy atom. The molecule has 1 saturated heterocycles. The van der Waals surface area contributed by atoms with Gasteiger partial charge in [0.1, 0.15) is 5.75 Å². The number of nitrogens with zero attached hydrogens (tertiary/aromatic N) is 1. The molecule has 4 nitrogen and oxygen atoms in total. The van der Waals surface area contributed by atoms with Crippen LogP contribution in [-0.2, 0) is 11.3 Å². The van der Waals surface area contributed by atoms with Crippen molar-refractivity contribution in [1.82, 2.24) is 4.90 Å². The third-order valence-electron chi connectivity index (χ3n) is 4.18. The first-order valence-electron chi connectivity index (χ1n) is 7.15. The topological polar surface area (TPSA) is 49.8 Å². The van der Waals surface area contributed by atoms with Gasteiger partial charge >= 0.3 is 0 Å². The highest BCUT2D eigenvalue weighted by molar-refractivity contribution is 5.77. The van der Waals surface area contributed by atoms with Crippen molar-refractivity contribution in [2.45, 2.75) is 26.3 Å². The standard InChI is InChI=1S/C16H23NO3/c1-12(11-18)14-7-8-17(16(19)9-14)10-13-3-5-15(20-2)6-4-13/h3-6,12,14,18H,7-11H2,1-2H3/t12-,14+/m0/s1. The summed E-state index contributed by atoms with van der Waals surface area (Å²) in [5.74, 6) is 1.55. The van der Waals surface area contributed by atoms with Crippen LogP contribution in [0.2, 0.25) is 0 Å². The summed E-state index contributed by atoms with van der Waals surface area (Å²) in [7, 11) is 1.64. The van der Waals surface area contributed by atoms with Gasteiger partial charge in [-0.1, -0.05) is 19.1 Å². The van der Waals surface area contributed by atoms with E-state index < -0.39 is 0 Å². The van der Waals surface area contributed by atoms with Crippen molar-refractivity contribution in [3.63, 3.8) is 0 Å². The maximum Gasteiger partial charge on any atom is 0.223 e. The van der Waals surface area contributed by atoms with Crippen LogP contribution in [0.5, 0.6) is 5.75 Å². The van der Waals surface area contributed by atoms with E-state index in [0.717, 1.165) is 24.3 Å². The molecule has 1 aromatic rings. The fourth-order valence-corrected chi connectivity index (χ4v) is 2.66. The summed E-state index contributed by atoms with van der Waals surface area (Å²) in [6.45, 7) is 3.61. The van der Waals surface area contributed by atoms with Crippen LogP contribution in [0, 0.1) is 11.8 Å². The minimum atomic E-state index is 0.163. The highest BCUT2D eigenvalue weighted by Crippen LogP contribution is 2.26. The molecule has 110 valence electrons. The number of aliphatic hydroxyl groups is 1. The number of piperidine rings is 1. The minimum Gasteiger partial charge on any atom is -0.497 e. The largest absolute Gasteiger partial charge is 0.497 e. The number of carbonyl (C=O) groups is 1. The van der Waals surface area contributed by atoms with Gasteiger partial charge in [-0.05, 0) is 36.0 Å². The van der Waals surface area contributed by atoms with E-state index in [0.29, 0.717) is 18.9 Å². The summed E-state index contributed by atoms with van der Waals surface area (Å²) in [5.41, 5.74) is 1.12. The van der Waals surface area contributed by atoms with Crippen LogP contribution in [0.4, 0.5) is 0 Å². The average molecular weight is 277 g/mol. The maximum atomic E-state index is 12.2. The molecule has 20 heavy (non-hydrogen) atoms. The average Bonchev–Trinajstić information content (AvgIpc) is 2.49. The number of methoxy groups -OCH3 is 1. The molecule has 0 bridgehead atoms. The Morgan fingerprint density at radius 3 is 2.65 bits per heavy atom. The molecule has 1 aliphatic rings. The number of hydrogen-bond donors (Lipinski definition) is 1. The Labute approximate surface area is 120 Å². The normalized spacial score (nSPS) is 20.9. The molecule has 0 aromatic heterocycles. The number of amides is 1. The van der Waals surface area contributed by atoms with Crippen LogP contribution >= 0.6 is 0 Å². The lowest BCUT2D eigenvalue weighted by Gasteiger charge is -2.34. The molecule has 1 aromatic carbocycles. The third kappa shape index (κ3) is 3.51. The molecule has 0 unspecified atom stereocenters. The minimum absolute atomic E-state index is 0.163. The summed E-state index contributed by atoms with van der Waals surface area (Å²) >= 11 is 0. The van der Waals surface area contributed by atoms with Crippen LogP contribution in [0.25, 0.3) is 0 Å². The highest BCUT2D eigenvalue weighted by atomic mass is 16.5. The molecule has 1 amide bonds. The van der Waals surface area contributed by atoms with Crippen LogP contribution < -0.4 is 4.74 Å². The first kappa shape index (κ1) is 14.9. The molecular weight excluding hydrogens is 254 g/mol. The van der Waals surface area contributed by atoms with E-state index in [-0.39, 0.29) is 18.4 Å². The molecule has 1 aliphatic heterocycles. The van der Waals surface area contributed by atoms with Crippen molar-refractivity contribution >= 4 is 5.91 Å². The van der Waals surface area contributed by atoms with Crippen molar-refractivity contribution in [1.29, 1.82) is 0 Å². The first-order chi connectivity index (χ1) is 9.63. The highest BCUT2D eigenvalue weighted by Gasteiger charge is 2.28. The monoisotopic (exact) mass is 277 g/mol. The Morgan fingerprint density at radius 1 is 1.40 bits per heavy atom. The zero-order valence-corrected chi connectivity index (χ0v) is 12.2. The Kier molecular flexibility index (Phi) is 5.01. The second-order valence-electron chi connectivity index (χ2n) is 5.58. The molecule has 4 heteroatoms. The summed E-state index contributed by atoms with van der Waals surface area (Å²) in [6.07, 6.45) is 1.53. The number of carbonyl (C=O) groups excluding carboxylic acids is 1. The number of benzene rings is 1. The Bertz CT molecular complexity index is 444. The number of aliphatic hydroxyl groups excluding tert-OH is 1. The van der Waals surface area contributed by atoms with Gasteiger partial charge in [0.2, 0.25) is 5.91 Å². The zero-order valence-electron chi connectivity index (χ0n) is 12.2. The number of hydrogen-bond acceptors (Lipinski definition) is 3. The fraction of sp³-hybridized carbons (Fsp3) is 0.562. The molecule has 1 heterocycles. The van der Waals surface area contributed by atoms with Gasteiger partial charge in [0.05, 0.1) is 7.11 Å². The summed E-state index contributed by atoms with van der Waals surface area (Å²) < 4.78 is 5.13. The van der Waals surface area contributed by atoms with Crippen molar-refractivity contribution in [2.75, 3.05) is 20.3 Å². The number of rotatable bonds is 5. The summed E-state index contributed by atoms with van der Waals surface area (Å²) in [6, 6.07) is 7.82. The van der Waals surface area contributed by atoms with E-state index in [1.807, 2.05) is 36.1 Å². The molecule has 0 saturated carbocycles. The van der Waals surface area contributed by atoms with Crippen molar-refractivity contribution in [3.05, 3.63) is 29.8 Å². The molecule has 2 rings (SSSR count). The Hall–Kier alpha value is -1.55. The predicted octanol–water partition coefficient (Wildman–Crippen LogP) is 2.06. The predicted molar refractivity (Wildman–Crippen MR) is 77.4 cm³/mol. The summed E-state index contributed by atoms with van der Waals surface area (Å²) in [4.78, 5) is 14.1. The van der Waals surface area contributed by atoms with Gasteiger partial charge in [0.25, 0.3) is 0 Å². The van der Waals surface area contributed by atoms with E-state index in [9.17, 15) is 9.90 Å². The second-order valence-corrected chi connectivity index (χ2v) is 5.58. The SMILES string of the molecule is COc1ccc(CN2CC[C@@H]([C@@H](C)CO)CC2=O)cc1. The van der Waals surface area contributed by atoms with Crippen LogP contribution in [0.1, 0.15) is 25.3 Å².